The summed E-state index contributed by atoms with van der Waals surface area (Å²) >= 11 is 0. The molecular weight excluding hydrogens is 255 g/mol. The second kappa shape index (κ2) is 5.47. The number of aromatic carboxylic acids is 1. The number of benzene rings is 1. The van der Waals surface area contributed by atoms with E-state index in [1.807, 2.05) is 6.92 Å². The number of carboxylic acid groups (broad SMARTS) is 1. The van der Waals surface area contributed by atoms with E-state index >= 15 is 0 Å². The number of hydrogen-bond acceptors (Lipinski definition) is 5. The minimum absolute atomic E-state index is 0.00113. The predicted octanol–water partition coefficient (Wildman–Crippen LogP) is 2.05. The van der Waals surface area contributed by atoms with Gasteiger partial charge in [0, 0.05) is 12.5 Å². The molecule has 0 radical (unpaired) electrons. The highest BCUT2D eigenvalue weighted by atomic mass is 19.1. The molecule has 6 nitrogen and oxygen atoms in total. The van der Waals surface area contributed by atoms with Crippen molar-refractivity contribution in [1.29, 1.82) is 0 Å². The molecule has 0 spiro atoms. The number of halogens is 1. The van der Waals surface area contributed by atoms with Crippen LogP contribution >= 0.6 is 0 Å². The average molecular weight is 266 g/mol. The van der Waals surface area contributed by atoms with Crippen LogP contribution < -0.4 is 4.74 Å². The van der Waals surface area contributed by atoms with Crippen LogP contribution in [0.5, 0.6) is 5.75 Å². The molecule has 1 aromatic heterocycles. The van der Waals surface area contributed by atoms with Gasteiger partial charge in [-0.3, -0.25) is 0 Å². The van der Waals surface area contributed by atoms with E-state index in [1.54, 1.807) is 0 Å². The van der Waals surface area contributed by atoms with Crippen LogP contribution in [0, 0.1) is 5.82 Å². The minimum atomic E-state index is -1.33. The maximum Gasteiger partial charge on any atom is 0.338 e. The fourth-order valence-corrected chi connectivity index (χ4v) is 1.39. The monoisotopic (exact) mass is 266 g/mol. The molecule has 0 aliphatic carbocycles. The number of carbonyl (C=O) groups is 1. The Labute approximate surface area is 107 Å². The molecule has 0 atom stereocenters. The van der Waals surface area contributed by atoms with E-state index in [0.717, 1.165) is 12.1 Å². The third kappa shape index (κ3) is 3.06. The summed E-state index contributed by atoms with van der Waals surface area (Å²) in [5.41, 5.74) is -0.404. The van der Waals surface area contributed by atoms with E-state index in [-0.39, 0.29) is 18.2 Å². The number of ether oxygens (including phenoxy) is 1. The highest BCUT2D eigenvalue weighted by Gasteiger charge is 2.11. The molecule has 1 aromatic carbocycles. The molecule has 0 saturated carbocycles. The van der Waals surface area contributed by atoms with Gasteiger partial charge >= 0.3 is 5.97 Å². The molecule has 0 unspecified atom stereocenters. The summed E-state index contributed by atoms with van der Waals surface area (Å²) in [5.74, 6) is -1.22. The Morgan fingerprint density at radius 2 is 2.16 bits per heavy atom. The van der Waals surface area contributed by atoms with E-state index in [0.29, 0.717) is 12.3 Å². The molecule has 1 heterocycles. The first-order valence-corrected chi connectivity index (χ1v) is 5.57. The zero-order valence-electron chi connectivity index (χ0n) is 10.1. The average Bonchev–Trinajstić information content (AvgIpc) is 2.84. The number of aryl methyl sites for hydroxylation is 1. The topological polar surface area (TPSA) is 85.5 Å². The fraction of sp³-hybridized carbons (Fsp3) is 0.250. The SMILES string of the molecule is CCc1nnc(COc2ccc(C(=O)O)c(F)c2)o1. The highest BCUT2D eigenvalue weighted by molar-refractivity contribution is 5.88. The number of carboxylic acids is 1. The Hall–Kier alpha value is -2.44. The maximum atomic E-state index is 13.4. The van der Waals surface area contributed by atoms with Gasteiger partial charge in [-0.25, -0.2) is 9.18 Å². The second-order valence-electron chi connectivity index (χ2n) is 3.68. The van der Waals surface area contributed by atoms with E-state index in [9.17, 15) is 9.18 Å². The Morgan fingerprint density at radius 3 is 2.74 bits per heavy atom. The quantitative estimate of drug-likeness (QED) is 0.891. The summed E-state index contributed by atoms with van der Waals surface area (Å²) in [4.78, 5) is 10.6. The Bertz CT molecular complexity index is 597. The first-order chi connectivity index (χ1) is 9.10. The van der Waals surface area contributed by atoms with Crippen LogP contribution in [0.3, 0.4) is 0 Å². The van der Waals surface area contributed by atoms with Gasteiger partial charge in [0.05, 0.1) is 5.56 Å². The first kappa shape index (κ1) is 13.0. The Balaban J connectivity index is 2.03. The molecule has 19 heavy (non-hydrogen) atoms. The van der Waals surface area contributed by atoms with Gasteiger partial charge < -0.3 is 14.3 Å². The summed E-state index contributed by atoms with van der Waals surface area (Å²) < 4.78 is 23.8. The van der Waals surface area contributed by atoms with Crippen LogP contribution in [-0.4, -0.2) is 21.3 Å². The van der Waals surface area contributed by atoms with Gasteiger partial charge in [0.2, 0.25) is 5.89 Å². The van der Waals surface area contributed by atoms with Gasteiger partial charge in [0.15, 0.2) is 6.61 Å². The van der Waals surface area contributed by atoms with Crippen molar-refractivity contribution in [2.75, 3.05) is 0 Å². The molecule has 1 N–H and O–H groups in total. The molecule has 100 valence electrons. The molecule has 0 amide bonds. The molecule has 2 rings (SSSR count). The van der Waals surface area contributed by atoms with Gasteiger partial charge in [-0.1, -0.05) is 6.92 Å². The smallest absolute Gasteiger partial charge is 0.338 e. The van der Waals surface area contributed by atoms with Crippen LogP contribution in [0.2, 0.25) is 0 Å². The molecule has 0 aliphatic rings. The van der Waals surface area contributed by atoms with E-state index < -0.39 is 17.3 Å². The van der Waals surface area contributed by atoms with E-state index in [1.165, 1.54) is 6.07 Å². The number of aromatic nitrogens is 2. The third-order valence-corrected chi connectivity index (χ3v) is 2.34. The fourth-order valence-electron chi connectivity index (χ4n) is 1.39. The first-order valence-electron chi connectivity index (χ1n) is 5.57. The van der Waals surface area contributed by atoms with Crippen LogP contribution in [0.25, 0.3) is 0 Å². The van der Waals surface area contributed by atoms with Crippen LogP contribution in [-0.2, 0) is 13.0 Å². The lowest BCUT2D eigenvalue weighted by Crippen LogP contribution is -2.02. The standard InChI is InChI=1S/C12H11FN2O4/c1-2-10-14-15-11(19-10)6-18-7-3-4-8(12(16)17)9(13)5-7/h3-5H,2,6H2,1H3,(H,16,17). The lowest BCUT2D eigenvalue weighted by Gasteiger charge is -2.04. The van der Waals surface area contributed by atoms with E-state index in [2.05, 4.69) is 10.2 Å². The van der Waals surface area contributed by atoms with Crippen molar-refractivity contribution >= 4 is 5.97 Å². The Morgan fingerprint density at radius 1 is 1.42 bits per heavy atom. The molecule has 0 saturated heterocycles. The van der Waals surface area contributed by atoms with Crippen molar-refractivity contribution in [3.05, 3.63) is 41.4 Å². The third-order valence-electron chi connectivity index (χ3n) is 2.34. The molecular formula is C12H11FN2O4. The largest absolute Gasteiger partial charge is 0.484 e. The summed E-state index contributed by atoms with van der Waals surface area (Å²) in [6, 6.07) is 3.50. The van der Waals surface area contributed by atoms with Gasteiger partial charge in [-0.2, -0.15) is 0 Å². The second-order valence-corrected chi connectivity index (χ2v) is 3.68. The van der Waals surface area contributed by atoms with Crippen LogP contribution in [0.1, 0.15) is 29.1 Å². The van der Waals surface area contributed by atoms with Crippen LogP contribution in [0.4, 0.5) is 4.39 Å². The molecule has 7 heteroatoms. The van der Waals surface area contributed by atoms with Crippen molar-refractivity contribution in [3.63, 3.8) is 0 Å². The van der Waals surface area contributed by atoms with Gasteiger partial charge in [-0.15, -0.1) is 10.2 Å². The highest BCUT2D eigenvalue weighted by Crippen LogP contribution is 2.17. The lowest BCUT2D eigenvalue weighted by atomic mass is 10.2. The maximum absolute atomic E-state index is 13.4. The van der Waals surface area contributed by atoms with Crippen molar-refractivity contribution in [2.24, 2.45) is 0 Å². The van der Waals surface area contributed by atoms with Gasteiger partial charge in [0.1, 0.15) is 11.6 Å². The summed E-state index contributed by atoms with van der Waals surface area (Å²) in [6.07, 6.45) is 0.620. The zero-order chi connectivity index (χ0) is 13.8. The summed E-state index contributed by atoms with van der Waals surface area (Å²) in [6.45, 7) is 1.87. The van der Waals surface area contributed by atoms with Crippen molar-refractivity contribution in [1.82, 2.24) is 10.2 Å². The van der Waals surface area contributed by atoms with Crippen molar-refractivity contribution < 1.29 is 23.4 Å². The molecule has 2 aromatic rings. The number of hydrogen-bond donors (Lipinski definition) is 1. The van der Waals surface area contributed by atoms with Gasteiger partial charge in [-0.05, 0) is 12.1 Å². The van der Waals surface area contributed by atoms with Crippen LogP contribution in [0.15, 0.2) is 22.6 Å². The summed E-state index contributed by atoms with van der Waals surface area (Å²) in [5, 5.41) is 16.2. The normalized spacial score (nSPS) is 10.4. The van der Waals surface area contributed by atoms with Crippen molar-refractivity contribution in [2.45, 2.75) is 20.0 Å². The zero-order valence-corrected chi connectivity index (χ0v) is 10.1. The molecule has 0 fully saturated rings. The van der Waals surface area contributed by atoms with Crippen molar-refractivity contribution in [3.8, 4) is 5.75 Å². The van der Waals surface area contributed by atoms with Gasteiger partial charge in [0.25, 0.3) is 5.89 Å². The molecule has 0 bridgehead atoms. The lowest BCUT2D eigenvalue weighted by molar-refractivity contribution is 0.0691. The number of rotatable bonds is 5. The summed E-state index contributed by atoms with van der Waals surface area (Å²) in [7, 11) is 0. The number of nitrogens with zero attached hydrogens (tertiary/aromatic N) is 2. The minimum Gasteiger partial charge on any atom is -0.484 e. The predicted molar refractivity (Wildman–Crippen MR) is 61.4 cm³/mol. The molecule has 0 aliphatic heterocycles. The Kier molecular flexibility index (Phi) is 3.74. The van der Waals surface area contributed by atoms with E-state index in [4.69, 9.17) is 14.3 Å².